The molecule has 0 saturated heterocycles. The van der Waals surface area contributed by atoms with Gasteiger partial charge in [0, 0.05) is 11.8 Å². The van der Waals surface area contributed by atoms with Crippen LogP contribution in [0.2, 0.25) is 0 Å². The molecule has 0 aliphatic rings. The number of benzene rings is 2. The van der Waals surface area contributed by atoms with E-state index in [2.05, 4.69) is 10.1 Å². The van der Waals surface area contributed by atoms with Crippen molar-refractivity contribution in [2.24, 2.45) is 0 Å². The van der Waals surface area contributed by atoms with Gasteiger partial charge in [-0.2, -0.15) is 0 Å². The van der Waals surface area contributed by atoms with E-state index in [1.165, 1.54) is 25.3 Å². The normalized spacial score (nSPS) is 10.0. The number of nitro benzene ring substituents is 1. The molecule has 0 heterocycles. The van der Waals surface area contributed by atoms with Crippen LogP contribution in [0.5, 0.6) is 0 Å². The van der Waals surface area contributed by atoms with Gasteiger partial charge in [0.1, 0.15) is 5.69 Å². The van der Waals surface area contributed by atoms with E-state index in [-0.39, 0.29) is 16.9 Å². The molecule has 6 nitrogen and oxygen atoms in total. The predicted octanol–water partition coefficient (Wildman–Crippen LogP) is 3.43. The topological polar surface area (TPSA) is 81.5 Å². The van der Waals surface area contributed by atoms with E-state index in [0.29, 0.717) is 5.69 Å². The summed E-state index contributed by atoms with van der Waals surface area (Å²) in [6, 6.07) is 11.6. The highest BCUT2D eigenvalue weighted by atomic mass is 16.6. The molecule has 0 saturated carbocycles. The highest BCUT2D eigenvalue weighted by molar-refractivity contribution is 5.99. The Morgan fingerprint density at radius 2 is 1.90 bits per heavy atom. The Balaban J connectivity index is 2.56. The zero-order valence-electron chi connectivity index (χ0n) is 11.6. The predicted molar refractivity (Wildman–Crippen MR) is 78.9 cm³/mol. The second-order valence-corrected chi connectivity index (χ2v) is 4.39. The summed E-state index contributed by atoms with van der Waals surface area (Å²) < 4.78 is 4.68. The fourth-order valence-corrected chi connectivity index (χ4v) is 1.95. The van der Waals surface area contributed by atoms with Gasteiger partial charge in [0.25, 0.3) is 5.69 Å². The van der Waals surface area contributed by atoms with Crippen molar-refractivity contribution in [1.82, 2.24) is 0 Å². The molecule has 0 bridgehead atoms. The lowest BCUT2D eigenvalue weighted by Gasteiger charge is -2.12. The number of aryl methyl sites for hydroxylation is 1. The van der Waals surface area contributed by atoms with E-state index in [4.69, 9.17) is 0 Å². The van der Waals surface area contributed by atoms with Crippen LogP contribution in [0.4, 0.5) is 17.1 Å². The number of hydrogen-bond donors (Lipinski definition) is 1. The number of nitrogens with zero attached hydrogens (tertiary/aromatic N) is 1. The van der Waals surface area contributed by atoms with Gasteiger partial charge in [0.05, 0.1) is 17.6 Å². The highest BCUT2D eigenvalue weighted by Crippen LogP contribution is 2.32. The van der Waals surface area contributed by atoms with Crippen molar-refractivity contribution in [2.45, 2.75) is 6.92 Å². The molecule has 0 fully saturated rings. The first-order valence-corrected chi connectivity index (χ1v) is 6.23. The molecular weight excluding hydrogens is 272 g/mol. The molecule has 2 rings (SSSR count). The summed E-state index contributed by atoms with van der Waals surface area (Å²) >= 11 is 0. The first-order valence-electron chi connectivity index (χ1n) is 6.23. The fraction of sp³-hybridized carbons (Fsp3) is 0.133. The van der Waals surface area contributed by atoms with Gasteiger partial charge in [0.2, 0.25) is 0 Å². The monoisotopic (exact) mass is 286 g/mol. The zero-order chi connectivity index (χ0) is 15.4. The number of rotatable bonds is 4. The fourth-order valence-electron chi connectivity index (χ4n) is 1.95. The molecule has 21 heavy (non-hydrogen) atoms. The lowest BCUT2D eigenvalue weighted by atomic mass is 10.1. The van der Waals surface area contributed by atoms with E-state index < -0.39 is 10.9 Å². The number of anilines is 2. The van der Waals surface area contributed by atoms with Gasteiger partial charge in [-0.1, -0.05) is 24.3 Å². The molecule has 0 unspecified atom stereocenters. The summed E-state index contributed by atoms with van der Waals surface area (Å²) in [4.78, 5) is 22.4. The Kier molecular flexibility index (Phi) is 4.18. The van der Waals surface area contributed by atoms with Gasteiger partial charge in [-0.3, -0.25) is 10.1 Å². The standard InChI is InChI=1S/C15H14N2O4/c1-10-6-3-4-8-12(10)16-14-11(15(18)21-2)7-5-9-13(14)17(19)20/h3-9,16H,1-2H3. The number of hydrogen-bond acceptors (Lipinski definition) is 5. The second-order valence-electron chi connectivity index (χ2n) is 4.39. The Labute approximate surface area is 121 Å². The van der Waals surface area contributed by atoms with E-state index in [1.54, 1.807) is 6.07 Å². The molecule has 0 aromatic heterocycles. The number of para-hydroxylation sites is 2. The van der Waals surface area contributed by atoms with Crippen LogP contribution < -0.4 is 5.32 Å². The van der Waals surface area contributed by atoms with Gasteiger partial charge in [-0.25, -0.2) is 4.79 Å². The zero-order valence-corrected chi connectivity index (χ0v) is 11.6. The minimum absolute atomic E-state index is 0.120. The lowest BCUT2D eigenvalue weighted by molar-refractivity contribution is -0.383. The van der Waals surface area contributed by atoms with Crippen molar-refractivity contribution in [3.8, 4) is 0 Å². The molecule has 1 N–H and O–H groups in total. The molecule has 0 radical (unpaired) electrons. The maximum absolute atomic E-state index is 11.8. The summed E-state index contributed by atoms with van der Waals surface area (Å²) in [5, 5.41) is 14.1. The number of nitrogens with one attached hydrogen (secondary N) is 1. The molecule has 0 spiro atoms. The Morgan fingerprint density at radius 1 is 1.19 bits per heavy atom. The molecule has 0 aliphatic carbocycles. The van der Waals surface area contributed by atoms with Crippen LogP contribution in [0.25, 0.3) is 0 Å². The molecule has 0 aliphatic heterocycles. The molecule has 6 heteroatoms. The minimum Gasteiger partial charge on any atom is -0.465 e. The van der Waals surface area contributed by atoms with Crippen molar-refractivity contribution >= 4 is 23.0 Å². The molecular formula is C15H14N2O4. The van der Waals surface area contributed by atoms with E-state index in [0.717, 1.165) is 5.56 Å². The summed E-state index contributed by atoms with van der Waals surface area (Å²) in [6.07, 6.45) is 0. The van der Waals surface area contributed by atoms with Gasteiger partial charge in [0.15, 0.2) is 0 Å². The third-order valence-corrected chi connectivity index (χ3v) is 3.05. The molecule has 0 amide bonds. The van der Waals surface area contributed by atoms with Gasteiger partial charge < -0.3 is 10.1 Å². The average Bonchev–Trinajstić information content (AvgIpc) is 2.48. The van der Waals surface area contributed by atoms with Crippen molar-refractivity contribution in [1.29, 1.82) is 0 Å². The highest BCUT2D eigenvalue weighted by Gasteiger charge is 2.22. The summed E-state index contributed by atoms with van der Waals surface area (Å²) in [7, 11) is 1.23. The SMILES string of the molecule is COC(=O)c1cccc([N+](=O)[O-])c1Nc1ccccc1C. The van der Waals surface area contributed by atoms with Crippen LogP contribution >= 0.6 is 0 Å². The van der Waals surface area contributed by atoms with Crippen molar-refractivity contribution in [2.75, 3.05) is 12.4 Å². The summed E-state index contributed by atoms with van der Waals surface area (Å²) in [5.74, 6) is -0.630. The number of ether oxygens (including phenoxy) is 1. The molecule has 0 atom stereocenters. The Hall–Kier alpha value is -2.89. The van der Waals surface area contributed by atoms with Crippen LogP contribution in [-0.2, 0) is 4.74 Å². The largest absolute Gasteiger partial charge is 0.465 e. The van der Waals surface area contributed by atoms with Crippen molar-refractivity contribution in [3.63, 3.8) is 0 Å². The van der Waals surface area contributed by atoms with E-state index in [9.17, 15) is 14.9 Å². The van der Waals surface area contributed by atoms with Crippen LogP contribution in [0, 0.1) is 17.0 Å². The van der Waals surface area contributed by atoms with Crippen molar-refractivity contribution < 1.29 is 14.5 Å². The van der Waals surface area contributed by atoms with Crippen LogP contribution in [0.3, 0.4) is 0 Å². The van der Waals surface area contributed by atoms with Gasteiger partial charge in [-0.05, 0) is 24.6 Å². The van der Waals surface area contributed by atoms with Crippen molar-refractivity contribution in [3.05, 3.63) is 63.7 Å². The van der Waals surface area contributed by atoms with Crippen LogP contribution in [0.15, 0.2) is 42.5 Å². The summed E-state index contributed by atoms with van der Waals surface area (Å²) in [5.41, 5.74) is 1.67. The Morgan fingerprint density at radius 3 is 2.52 bits per heavy atom. The maximum atomic E-state index is 11.8. The number of nitro groups is 1. The first-order chi connectivity index (χ1) is 10.0. The molecule has 108 valence electrons. The number of methoxy groups -OCH3 is 1. The first kappa shape index (κ1) is 14.5. The Bertz CT molecular complexity index is 698. The minimum atomic E-state index is -0.630. The number of carbonyl (C=O) groups is 1. The maximum Gasteiger partial charge on any atom is 0.340 e. The van der Waals surface area contributed by atoms with Gasteiger partial charge >= 0.3 is 5.97 Å². The van der Waals surface area contributed by atoms with Gasteiger partial charge in [-0.15, -0.1) is 0 Å². The average molecular weight is 286 g/mol. The summed E-state index contributed by atoms with van der Waals surface area (Å²) in [6.45, 7) is 1.87. The third kappa shape index (κ3) is 3.00. The van der Waals surface area contributed by atoms with E-state index >= 15 is 0 Å². The molecule has 2 aromatic carbocycles. The number of carbonyl (C=O) groups excluding carboxylic acids is 1. The number of esters is 1. The van der Waals surface area contributed by atoms with E-state index in [1.807, 2.05) is 25.1 Å². The van der Waals surface area contributed by atoms with Crippen LogP contribution in [-0.4, -0.2) is 18.0 Å². The smallest absolute Gasteiger partial charge is 0.340 e. The van der Waals surface area contributed by atoms with Crippen LogP contribution in [0.1, 0.15) is 15.9 Å². The molecule has 2 aromatic rings. The third-order valence-electron chi connectivity index (χ3n) is 3.05. The lowest BCUT2D eigenvalue weighted by Crippen LogP contribution is -2.08. The second kappa shape index (κ2) is 6.04. The quantitative estimate of drug-likeness (QED) is 0.529.